The number of thiazole rings is 1. The number of hydrogen-bond donors (Lipinski definition) is 6. The minimum absolute atomic E-state index is 0.00835. The van der Waals surface area contributed by atoms with Crippen molar-refractivity contribution >= 4 is 75.2 Å². The SMILES string of the molecule is COc1ccc(C(=O)NC2(C[N+]3(CC4=C(C(=O)O)N5C(=O)[C@@H](NC(=O)/C(=N\OC(C)(C)C(=O)O)c6csc(N)n6)[C@H]5SC4)CCCC3)CC2)c(Cl)c1O. The number of hydrogen-bond acceptors (Lipinski definition) is 13. The number of nitrogens with zero attached hydrogens (tertiary/aromatic N) is 4. The van der Waals surface area contributed by atoms with Crippen molar-refractivity contribution in [3.63, 3.8) is 0 Å². The van der Waals surface area contributed by atoms with E-state index in [4.69, 9.17) is 26.9 Å². The number of oxime groups is 1. The molecule has 4 heterocycles. The van der Waals surface area contributed by atoms with Crippen LogP contribution in [0.1, 0.15) is 55.6 Å². The fourth-order valence-corrected chi connectivity index (χ4v) is 9.03. The molecule has 0 radical (unpaired) electrons. The summed E-state index contributed by atoms with van der Waals surface area (Å²) in [5, 5.41) is 40.4. The fourth-order valence-electron chi connectivity index (χ4n) is 6.91. The number of thioether (sulfide) groups is 1. The Labute approximate surface area is 316 Å². The molecule has 0 bridgehead atoms. The van der Waals surface area contributed by atoms with Crippen molar-refractivity contribution in [1.82, 2.24) is 20.5 Å². The molecule has 1 aromatic carbocycles. The first-order chi connectivity index (χ1) is 25.0. The molecule has 0 spiro atoms. The third kappa shape index (κ3) is 7.47. The van der Waals surface area contributed by atoms with Gasteiger partial charge in [-0.05, 0) is 38.8 Å². The third-order valence-electron chi connectivity index (χ3n) is 9.85. The number of rotatable bonds is 14. The number of likely N-dealkylation sites (tertiary alicyclic amines) is 1. The highest BCUT2D eigenvalue weighted by molar-refractivity contribution is 8.00. The molecular formula is C33H39ClN7O10S2+. The lowest BCUT2D eigenvalue weighted by atomic mass is 10.0. The Bertz CT molecular complexity index is 1940. The number of nitrogens with one attached hydrogen (secondary N) is 2. The van der Waals surface area contributed by atoms with Crippen LogP contribution >= 0.6 is 34.7 Å². The van der Waals surface area contributed by atoms with Gasteiger partial charge in [0.25, 0.3) is 17.7 Å². The molecule has 0 unspecified atom stereocenters. The molecule has 7 N–H and O–H groups in total. The summed E-state index contributed by atoms with van der Waals surface area (Å²) in [6.45, 7) is 4.88. The van der Waals surface area contributed by atoms with E-state index in [0.717, 1.165) is 37.3 Å². The predicted molar refractivity (Wildman–Crippen MR) is 194 cm³/mol. The summed E-state index contributed by atoms with van der Waals surface area (Å²) in [4.78, 5) is 75.2. The molecule has 2 atom stereocenters. The van der Waals surface area contributed by atoms with Gasteiger partial charge < -0.3 is 45.7 Å². The number of aromatic hydroxyl groups is 1. The van der Waals surface area contributed by atoms with Gasteiger partial charge in [0.15, 0.2) is 22.3 Å². The highest BCUT2D eigenvalue weighted by Gasteiger charge is 2.57. The number of carboxylic acid groups (broad SMARTS) is 2. The molecule has 6 rings (SSSR count). The lowest BCUT2D eigenvalue weighted by Gasteiger charge is -2.50. The summed E-state index contributed by atoms with van der Waals surface area (Å²) >= 11 is 8.64. The van der Waals surface area contributed by atoms with E-state index in [-0.39, 0.29) is 44.4 Å². The lowest BCUT2D eigenvalue weighted by Crippen LogP contribution is -2.71. The van der Waals surface area contributed by atoms with Gasteiger partial charge in [-0.2, -0.15) is 0 Å². The van der Waals surface area contributed by atoms with Crippen LogP contribution in [0.2, 0.25) is 5.02 Å². The van der Waals surface area contributed by atoms with Crippen molar-refractivity contribution in [3.8, 4) is 11.5 Å². The minimum Gasteiger partial charge on any atom is -0.503 e. The normalized spacial score (nSPS) is 21.7. The molecule has 284 valence electrons. The second kappa shape index (κ2) is 14.3. The summed E-state index contributed by atoms with van der Waals surface area (Å²) in [5.74, 6) is -4.46. The van der Waals surface area contributed by atoms with Crippen molar-refractivity contribution in [2.45, 2.75) is 62.1 Å². The van der Waals surface area contributed by atoms with Crippen LogP contribution in [-0.2, 0) is 24.0 Å². The Morgan fingerprint density at radius 2 is 1.91 bits per heavy atom. The maximum Gasteiger partial charge on any atom is 0.352 e. The van der Waals surface area contributed by atoms with Gasteiger partial charge in [-0.3, -0.25) is 19.3 Å². The van der Waals surface area contributed by atoms with Gasteiger partial charge >= 0.3 is 11.9 Å². The first-order valence-corrected chi connectivity index (χ1v) is 19.0. The standard InChI is InChI=1S/C33H38ClN7O10S2/c1-32(2,30(48)49)51-39-21(18-14-53-31(35)36-18)26(44)37-22-27(45)40-23(29(46)47)16(13-52-28(22)40)12-41(10-4-5-11-41)15-33(8-9-33)38-25(43)17-6-7-19(50-3)24(42)20(17)34/h6-7,14,22,28H,4-5,8-13,15H2,1-3H3,(H6-,35,36,37,38,42,43,44,46,47,48,49)/p+1/b39-21-/t22-,28-/m1/s1. The minimum atomic E-state index is -1.79. The first-order valence-electron chi connectivity index (χ1n) is 16.7. The van der Waals surface area contributed by atoms with Crippen LogP contribution in [0.5, 0.6) is 11.5 Å². The van der Waals surface area contributed by atoms with Crippen molar-refractivity contribution in [2.24, 2.45) is 5.16 Å². The van der Waals surface area contributed by atoms with Gasteiger partial charge in [0, 0.05) is 29.5 Å². The number of nitrogens with two attached hydrogens (primary N) is 1. The third-order valence-corrected chi connectivity index (χ3v) is 12.2. The number of amides is 3. The summed E-state index contributed by atoms with van der Waals surface area (Å²) in [7, 11) is 1.38. The number of carbonyl (C=O) groups excluding carboxylic acids is 3. The molecule has 17 nitrogen and oxygen atoms in total. The maximum atomic E-state index is 13.6. The van der Waals surface area contributed by atoms with Crippen molar-refractivity contribution in [2.75, 3.05) is 44.8 Å². The zero-order valence-electron chi connectivity index (χ0n) is 29.0. The van der Waals surface area contributed by atoms with Gasteiger partial charge in [-0.1, -0.05) is 16.8 Å². The molecule has 2 saturated heterocycles. The number of fused-ring (bicyclic) bond motifs is 1. The number of nitrogen functional groups attached to an aromatic ring is 1. The van der Waals surface area contributed by atoms with Gasteiger partial charge in [0.05, 0.1) is 36.3 Å². The molecule has 3 amide bonds. The zero-order chi connectivity index (χ0) is 38.5. The zero-order valence-corrected chi connectivity index (χ0v) is 31.4. The number of β-lactam (4-membered cyclic amide) rings is 1. The summed E-state index contributed by atoms with van der Waals surface area (Å²) in [5.41, 5.74) is 3.57. The van der Waals surface area contributed by atoms with Gasteiger partial charge in [-0.25, -0.2) is 14.6 Å². The van der Waals surface area contributed by atoms with Crippen LogP contribution in [0.25, 0.3) is 0 Å². The van der Waals surface area contributed by atoms with Crippen molar-refractivity contribution < 1.29 is 53.3 Å². The predicted octanol–water partition coefficient (Wildman–Crippen LogP) is 1.99. The molecule has 1 aliphatic carbocycles. The number of aromatic nitrogens is 1. The summed E-state index contributed by atoms with van der Waals surface area (Å²) < 4.78 is 5.60. The topological polar surface area (TPSA) is 243 Å². The average Bonchev–Trinajstić information content (AvgIpc) is 3.45. The first kappa shape index (κ1) is 38.1. The van der Waals surface area contributed by atoms with E-state index in [1.165, 1.54) is 55.1 Å². The Balaban J connectivity index is 1.19. The van der Waals surface area contributed by atoms with E-state index in [0.29, 0.717) is 36.0 Å². The fraction of sp³-hybridized carbons (Fsp3) is 0.485. The van der Waals surface area contributed by atoms with Crippen LogP contribution in [0.3, 0.4) is 0 Å². The number of carbonyl (C=O) groups is 5. The Morgan fingerprint density at radius 1 is 1.21 bits per heavy atom. The Morgan fingerprint density at radius 3 is 2.49 bits per heavy atom. The molecular weight excluding hydrogens is 754 g/mol. The molecule has 1 saturated carbocycles. The molecule has 53 heavy (non-hydrogen) atoms. The van der Waals surface area contributed by atoms with Crippen LogP contribution in [0.4, 0.5) is 5.13 Å². The van der Waals surface area contributed by atoms with Crippen molar-refractivity contribution in [3.05, 3.63) is 45.1 Å². The summed E-state index contributed by atoms with van der Waals surface area (Å²) in [6, 6.07) is 1.84. The lowest BCUT2D eigenvalue weighted by molar-refractivity contribution is -0.914. The van der Waals surface area contributed by atoms with E-state index < -0.39 is 57.9 Å². The van der Waals surface area contributed by atoms with Crippen LogP contribution in [0.15, 0.2) is 33.9 Å². The number of aliphatic carboxylic acids is 2. The Kier molecular flexibility index (Phi) is 10.3. The van der Waals surface area contributed by atoms with Gasteiger partial charge in [-0.15, -0.1) is 23.1 Å². The van der Waals surface area contributed by atoms with Gasteiger partial charge in [0.2, 0.25) is 5.60 Å². The van der Waals surface area contributed by atoms with E-state index in [2.05, 4.69) is 20.8 Å². The van der Waals surface area contributed by atoms with E-state index >= 15 is 0 Å². The second-order valence-electron chi connectivity index (χ2n) is 14.1. The van der Waals surface area contributed by atoms with Crippen LogP contribution < -0.4 is 21.1 Å². The molecule has 3 fully saturated rings. The van der Waals surface area contributed by atoms with Crippen LogP contribution in [0, 0.1) is 0 Å². The number of phenols is 1. The highest BCUT2D eigenvalue weighted by atomic mass is 35.5. The summed E-state index contributed by atoms with van der Waals surface area (Å²) in [6.07, 6.45) is 3.24. The Hall–Kier alpha value is -4.59. The monoisotopic (exact) mass is 792 g/mol. The molecule has 1 aromatic heterocycles. The van der Waals surface area contributed by atoms with Crippen LogP contribution in [-0.4, -0.2) is 127 Å². The van der Waals surface area contributed by atoms with Gasteiger partial charge in [0.1, 0.15) is 35.9 Å². The van der Waals surface area contributed by atoms with E-state index in [1.807, 2.05) is 0 Å². The number of ether oxygens (including phenoxy) is 1. The smallest absolute Gasteiger partial charge is 0.352 e. The number of halogens is 1. The largest absolute Gasteiger partial charge is 0.503 e. The highest BCUT2D eigenvalue weighted by Crippen LogP contribution is 2.45. The number of methoxy groups -OCH3 is 1. The van der Waals surface area contributed by atoms with E-state index in [1.54, 1.807) is 0 Å². The number of anilines is 1. The number of phenolic OH excluding ortho intramolecular Hbond substituents is 1. The maximum absolute atomic E-state index is 13.6. The number of benzene rings is 1. The quantitative estimate of drug-likeness (QED) is 0.0695. The van der Waals surface area contributed by atoms with Crippen molar-refractivity contribution in [1.29, 1.82) is 0 Å². The average molecular weight is 793 g/mol. The number of carboxylic acids is 2. The van der Waals surface area contributed by atoms with E-state index in [9.17, 15) is 39.3 Å². The molecule has 4 aliphatic rings. The number of quaternary nitrogens is 1. The molecule has 3 aliphatic heterocycles. The molecule has 20 heteroatoms. The second-order valence-corrected chi connectivity index (χ2v) is 16.4. The molecule has 2 aromatic rings.